The topological polar surface area (TPSA) is 89.7 Å². The molecule has 0 saturated carbocycles. The summed E-state index contributed by atoms with van der Waals surface area (Å²) in [6.45, 7) is 6.61. The molecule has 1 fully saturated rings. The minimum absolute atomic E-state index is 0.00480. The molecule has 0 bridgehead atoms. The first kappa shape index (κ1) is 16.2. The maximum atomic E-state index is 11.9. The summed E-state index contributed by atoms with van der Waals surface area (Å²) in [7, 11) is -3.44. The van der Waals surface area contributed by atoms with Gasteiger partial charge in [0.05, 0.1) is 5.75 Å². The van der Waals surface area contributed by atoms with E-state index in [0.717, 1.165) is 12.8 Å². The molecule has 1 amide bonds. The summed E-state index contributed by atoms with van der Waals surface area (Å²) in [5.41, 5.74) is -0.511. The van der Waals surface area contributed by atoms with Gasteiger partial charge in [0, 0.05) is 13.1 Å². The largest absolute Gasteiger partial charge is 0.444 e. The Morgan fingerprint density at radius 2 is 1.95 bits per heavy atom. The molecule has 0 spiro atoms. The van der Waals surface area contributed by atoms with E-state index in [2.05, 4.69) is 0 Å². The van der Waals surface area contributed by atoms with Crippen molar-refractivity contribution in [2.24, 2.45) is 11.1 Å². The van der Waals surface area contributed by atoms with Crippen LogP contribution in [0.5, 0.6) is 0 Å². The molecule has 1 unspecified atom stereocenters. The average Bonchev–Trinajstić information content (AvgIpc) is 2.38. The molecule has 19 heavy (non-hydrogen) atoms. The lowest BCUT2D eigenvalue weighted by Gasteiger charge is -2.26. The molecular formula is C12H24N2O4S. The number of amides is 1. The summed E-state index contributed by atoms with van der Waals surface area (Å²) in [4.78, 5) is 13.6. The van der Waals surface area contributed by atoms with Crippen molar-refractivity contribution in [2.45, 2.75) is 45.6 Å². The number of sulfonamides is 1. The minimum atomic E-state index is -3.44. The van der Waals surface area contributed by atoms with Gasteiger partial charge in [-0.15, -0.1) is 0 Å². The van der Waals surface area contributed by atoms with Crippen LogP contribution in [0.3, 0.4) is 0 Å². The predicted molar refractivity (Wildman–Crippen MR) is 73.1 cm³/mol. The molecule has 0 aromatic carbocycles. The van der Waals surface area contributed by atoms with Crippen molar-refractivity contribution in [3.63, 3.8) is 0 Å². The van der Waals surface area contributed by atoms with Gasteiger partial charge in [0.2, 0.25) is 10.0 Å². The van der Waals surface area contributed by atoms with Crippen molar-refractivity contribution in [3.05, 3.63) is 0 Å². The third-order valence-electron chi connectivity index (χ3n) is 2.97. The molecule has 2 N–H and O–H groups in total. The number of nitrogens with two attached hydrogens (primary N) is 1. The SMILES string of the molecule is CC(C)(C)OC(=O)N1CCCC(CS(N)(=O)=O)CC1. The van der Waals surface area contributed by atoms with Gasteiger partial charge in [-0.25, -0.2) is 18.4 Å². The van der Waals surface area contributed by atoms with E-state index >= 15 is 0 Å². The predicted octanol–water partition coefficient (Wildman–Crippen LogP) is 1.31. The quantitative estimate of drug-likeness (QED) is 0.831. The van der Waals surface area contributed by atoms with Gasteiger partial charge in [-0.2, -0.15) is 0 Å². The van der Waals surface area contributed by atoms with Gasteiger partial charge in [0.1, 0.15) is 5.60 Å². The summed E-state index contributed by atoms with van der Waals surface area (Å²) in [5.74, 6) is 0.0252. The first-order valence-electron chi connectivity index (χ1n) is 6.55. The first-order valence-corrected chi connectivity index (χ1v) is 8.27. The van der Waals surface area contributed by atoms with Crippen LogP contribution >= 0.6 is 0 Å². The number of likely N-dealkylation sites (tertiary alicyclic amines) is 1. The number of carbonyl (C=O) groups excluding carboxylic acids is 1. The van der Waals surface area contributed by atoms with Crippen LogP contribution in [-0.4, -0.2) is 43.9 Å². The fraction of sp³-hybridized carbons (Fsp3) is 0.917. The molecule has 1 aliphatic rings. The van der Waals surface area contributed by atoms with Gasteiger partial charge < -0.3 is 9.64 Å². The molecule has 1 saturated heterocycles. The molecule has 6 nitrogen and oxygen atoms in total. The number of ether oxygens (including phenoxy) is 1. The molecule has 0 aliphatic carbocycles. The van der Waals surface area contributed by atoms with E-state index in [0.29, 0.717) is 19.5 Å². The number of rotatable bonds is 2. The van der Waals surface area contributed by atoms with Gasteiger partial charge in [-0.1, -0.05) is 0 Å². The van der Waals surface area contributed by atoms with Crippen molar-refractivity contribution < 1.29 is 17.9 Å². The van der Waals surface area contributed by atoms with Crippen molar-refractivity contribution in [1.82, 2.24) is 4.90 Å². The second-order valence-corrected chi connectivity index (χ2v) is 7.75. The van der Waals surface area contributed by atoms with Crippen molar-refractivity contribution >= 4 is 16.1 Å². The highest BCUT2D eigenvalue weighted by Crippen LogP contribution is 2.20. The van der Waals surface area contributed by atoms with E-state index in [1.54, 1.807) is 4.90 Å². The first-order chi connectivity index (χ1) is 8.57. The molecule has 1 heterocycles. The second-order valence-electron chi connectivity index (χ2n) is 6.09. The summed E-state index contributed by atoms with van der Waals surface area (Å²) in [6.07, 6.45) is 1.87. The minimum Gasteiger partial charge on any atom is -0.444 e. The number of hydrogen-bond acceptors (Lipinski definition) is 4. The van der Waals surface area contributed by atoms with E-state index in [1.165, 1.54) is 0 Å². The maximum Gasteiger partial charge on any atom is 0.410 e. The Balaban J connectivity index is 2.52. The molecule has 112 valence electrons. The van der Waals surface area contributed by atoms with Crippen molar-refractivity contribution in [2.75, 3.05) is 18.8 Å². The van der Waals surface area contributed by atoms with Crippen LogP contribution in [0.1, 0.15) is 40.0 Å². The zero-order chi connectivity index (χ0) is 14.7. The molecule has 1 rings (SSSR count). The zero-order valence-corrected chi connectivity index (χ0v) is 12.7. The van der Waals surface area contributed by atoms with Crippen LogP contribution in [0.25, 0.3) is 0 Å². The Labute approximate surface area is 115 Å². The Hall–Kier alpha value is -0.820. The lowest BCUT2D eigenvalue weighted by molar-refractivity contribution is 0.0255. The normalized spacial score (nSPS) is 21.9. The molecule has 0 aromatic rings. The van der Waals surface area contributed by atoms with Crippen LogP contribution in [0.2, 0.25) is 0 Å². The summed E-state index contributed by atoms with van der Waals surface area (Å²) in [6, 6.07) is 0. The van der Waals surface area contributed by atoms with Crippen molar-refractivity contribution in [1.29, 1.82) is 0 Å². The van der Waals surface area contributed by atoms with Crippen LogP contribution in [0, 0.1) is 5.92 Å². The molecule has 1 atom stereocenters. The van der Waals surface area contributed by atoms with Crippen molar-refractivity contribution in [3.8, 4) is 0 Å². The number of hydrogen-bond donors (Lipinski definition) is 1. The van der Waals surface area contributed by atoms with E-state index in [4.69, 9.17) is 9.88 Å². The summed E-state index contributed by atoms with van der Waals surface area (Å²) in [5, 5.41) is 5.06. The van der Waals surface area contributed by atoms with E-state index in [9.17, 15) is 13.2 Å². The van der Waals surface area contributed by atoms with Gasteiger partial charge >= 0.3 is 6.09 Å². The molecular weight excluding hydrogens is 268 g/mol. The third-order valence-corrected chi connectivity index (χ3v) is 3.90. The number of carbonyl (C=O) groups is 1. The van der Waals surface area contributed by atoms with Crippen LogP contribution in [-0.2, 0) is 14.8 Å². The van der Waals surface area contributed by atoms with E-state index < -0.39 is 15.6 Å². The summed E-state index contributed by atoms with van der Waals surface area (Å²) >= 11 is 0. The van der Waals surface area contributed by atoms with E-state index in [-0.39, 0.29) is 17.8 Å². The monoisotopic (exact) mass is 292 g/mol. The zero-order valence-electron chi connectivity index (χ0n) is 11.9. The Morgan fingerprint density at radius 3 is 2.47 bits per heavy atom. The Bertz CT molecular complexity index is 414. The highest BCUT2D eigenvalue weighted by Gasteiger charge is 2.26. The smallest absolute Gasteiger partial charge is 0.410 e. The van der Waals surface area contributed by atoms with Crippen LogP contribution in [0.4, 0.5) is 4.79 Å². The van der Waals surface area contributed by atoms with Gasteiger partial charge in [0.15, 0.2) is 0 Å². The number of primary sulfonamides is 1. The lowest BCUT2D eigenvalue weighted by Crippen LogP contribution is -2.37. The second kappa shape index (κ2) is 6.09. The standard InChI is InChI=1S/C12H24N2O4S/c1-12(2,3)18-11(15)14-7-4-5-10(6-8-14)9-19(13,16)17/h10H,4-9H2,1-3H3,(H2,13,16,17). The van der Waals surface area contributed by atoms with E-state index in [1.807, 2.05) is 20.8 Å². The highest BCUT2D eigenvalue weighted by molar-refractivity contribution is 7.89. The lowest BCUT2D eigenvalue weighted by atomic mass is 10.0. The fourth-order valence-corrected chi connectivity index (χ4v) is 3.16. The molecule has 0 aromatic heterocycles. The number of nitrogens with zero attached hydrogens (tertiary/aromatic N) is 1. The maximum absolute atomic E-state index is 11.9. The third kappa shape index (κ3) is 6.77. The molecule has 7 heteroatoms. The fourth-order valence-electron chi connectivity index (χ4n) is 2.17. The Morgan fingerprint density at radius 1 is 1.32 bits per heavy atom. The average molecular weight is 292 g/mol. The molecule has 0 radical (unpaired) electrons. The van der Waals surface area contributed by atoms with Gasteiger partial charge in [-0.3, -0.25) is 0 Å². The van der Waals surface area contributed by atoms with Crippen LogP contribution in [0.15, 0.2) is 0 Å². The van der Waals surface area contributed by atoms with Crippen LogP contribution < -0.4 is 5.14 Å². The van der Waals surface area contributed by atoms with Gasteiger partial charge in [0.25, 0.3) is 0 Å². The highest BCUT2D eigenvalue weighted by atomic mass is 32.2. The molecule has 1 aliphatic heterocycles. The van der Waals surface area contributed by atoms with Gasteiger partial charge in [-0.05, 0) is 46.0 Å². The Kier molecular flexibility index (Phi) is 5.20. The summed E-state index contributed by atoms with van der Waals surface area (Å²) < 4.78 is 27.5.